The van der Waals surface area contributed by atoms with Gasteiger partial charge < -0.3 is 14.2 Å². The number of hydrogen-bond acceptors (Lipinski definition) is 3. The Morgan fingerprint density at radius 3 is 2.14 bits per heavy atom. The van der Waals surface area contributed by atoms with Gasteiger partial charge in [-0.15, -0.1) is 0 Å². The molecule has 1 atom stereocenters. The summed E-state index contributed by atoms with van der Waals surface area (Å²) in [7, 11) is 3.36. The van der Waals surface area contributed by atoms with Crippen LogP contribution in [0.1, 0.15) is 36.6 Å². The quantitative estimate of drug-likeness (QED) is 0.850. The largest absolute Gasteiger partial charge is 0.497 e. The molecule has 3 nitrogen and oxygen atoms in total. The maximum atomic E-state index is 6.28. The molecular weight excluding hydrogens is 264 g/mol. The third-order valence-corrected chi connectivity index (χ3v) is 4.02. The van der Waals surface area contributed by atoms with Gasteiger partial charge in [0.2, 0.25) is 0 Å². The Morgan fingerprint density at radius 1 is 0.905 bits per heavy atom. The second-order valence-electron chi connectivity index (χ2n) is 5.73. The maximum absolute atomic E-state index is 6.28. The molecule has 0 N–H and O–H groups in total. The minimum atomic E-state index is -0.325. The van der Waals surface area contributed by atoms with E-state index in [1.807, 2.05) is 18.2 Å². The van der Waals surface area contributed by atoms with Crippen molar-refractivity contribution in [2.75, 3.05) is 14.2 Å². The molecule has 1 aliphatic heterocycles. The highest BCUT2D eigenvalue weighted by atomic mass is 16.5. The monoisotopic (exact) mass is 284 g/mol. The zero-order chi connectivity index (χ0) is 15.0. The molecule has 0 amide bonds. The highest BCUT2D eigenvalue weighted by molar-refractivity contribution is 5.47. The van der Waals surface area contributed by atoms with Crippen LogP contribution in [-0.2, 0) is 10.3 Å². The van der Waals surface area contributed by atoms with Crippen LogP contribution >= 0.6 is 0 Å². The molecule has 110 valence electrons. The van der Waals surface area contributed by atoms with Gasteiger partial charge in [0, 0.05) is 0 Å². The van der Waals surface area contributed by atoms with Gasteiger partial charge in [-0.05, 0) is 54.8 Å². The van der Waals surface area contributed by atoms with Crippen molar-refractivity contribution < 1.29 is 14.2 Å². The fourth-order valence-corrected chi connectivity index (χ4v) is 2.86. The second kappa shape index (κ2) is 5.08. The fourth-order valence-electron chi connectivity index (χ4n) is 2.86. The molecule has 0 bridgehead atoms. The van der Waals surface area contributed by atoms with Gasteiger partial charge in [-0.3, -0.25) is 0 Å². The Kier molecular flexibility index (Phi) is 3.38. The van der Waals surface area contributed by atoms with Crippen LogP contribution in [0.15, 0.2) is 42.5 Å². The molecule has 2 aromatic carbocycles. The summed E-state index contributed by atoms with van der Waals surface area (Å²) in [6.07, 6.45) is -0.0492. The van der Waals surface area contributed by atoms with Crippen LogP contribution < -0.4 is 9.47 Å². The van der Waals surface area contributed by atoms with Crippen molar-refractivity contribution in [2.45, 2.75) is 25.6 Å². The number of hydrogen-bond donors (Lipinski definition) is 0. The lowest BCUT2D eigenvalue weighted by Gasteiger charge is -2.21. The molecule has 3 rings (SSSR count). The van der Waals surface area contributed by atoms with E-state index in [1.54, 1.807) is 14.2 Å². The summed E-state index contributed by atoms with van der Waals surface area (Å²) in [4.78, 5) is 0. The van der Waals surface area contributed by atoms with E-state index in [9.17, 15) is 0 Å². The first kappa shape index (κ1) is 14.0. The molecule has 0 spiro atoms. The van der Waals surface area contributed by atoms with E-state index in [2.05, 4.69) is 38.1 Å². The van der Waals surface area contributed by atoms with E-state index in [1.165, 1.54) is 11.1 Å². The smallest absolute Gasteiger partial charge is 0.119 e. The van der Waals surface area contributed by atoms with Crippen molar-refractivity contribution in [3.8, 4) is 11.5 Å². The number of methoxy groups -OCH3 is 2. The number of rotatable bonds is 3. The summed E-state index contributed by atoms with van der Waals surface area (Å²) in [5.41, 5.74) is 3.19. The molecule has 0 saturated carbocycles. The van der Waals surface area contributed by atoms with Gasteiger partial charge in [0.05, 0.1) is 19.8 Å². The second-order valence-corrected chi connectivity index (χ2v) is 5.73. The average molecular weight is 284 g/mol. The van der Waals surface area contributed by atoms with E-state index in [0.717, 1.165) is 17.1 Å². The van der Waals surface area contributed by atoms with Gasteiger partial charge in [-0.1, -0.05) is 18.2 Å². The Bertz CT molecular complexity index is 644. The van der Waals surface area contributed by atoms with Gasteiger partial charge >= 0.3 is 0 Å². The van der Waals surface area contributed by atoms with Gasteiger partial charge in [-0.2, -0.15) is 0 Å². The summed E-state index contributed by atoms with van der Waals surface area (Å²) >= 11 is 0. The van der Waals surface area contributed by atoms with Crippen LogP contribution in [0, 0.1) is 0 Å². The predicted molar refractivity (Wildman–Crippen MR) is 81.9 cm³/mol. The highest BCUT2D eigenvalue weighted by Gasteiger charge is 2.38. The third kappa shape index (κ3) is 2.38. The SMILES string of the molecule is COc1ccc(C2OC(C)(C)c3cc(OC)ccc32)cc1. The molecule has 0 aromatic heterocycles. The van der Waals surface area contributed by atoms with Crippen LogP contribution in [0.4, 0.5) is 0 Å². The molecule has 21 heavy (non-hydrogen) atoms. The van der Waals surface area contributed by atoms with Crippen LogP contribution in [0.25, 0.3) is 0 Å². The van der Waals surface area contributed by atoms with Crippen LogP contribution in [0.3, 0.4) is 0 Å². The highest BCUT2D eigenvalue weighted by Crippen LogP contribution is 2.47. The zero-order valence-corrected chi connectivity index (χ0v) is 12.8. The van der Waals surface area contributed by atoms with E-state index >= 15 is 0 Å². The molecule has 0 radical (unpaired) electrons. The van der Waals surface area contributed by atoms with Gasteiger partial charge in [0.15, 0.2) is 0 Å². The van der Waals surface area contributed by atoms with E-state index < -0.39 is 0 Å². The first-order valence-corrected chi connectivity index (χ1v) is 7.05. The van der Waals surface area contributed by atoms with Gasteiger partial charge in [0.1, 0.15) is 17.6 Å². The normalized spacial score (nSPS) is 19.1. The summed E-state index contributed by atoms with van der Waals surface area (Å²) < 4.78 is 16.8. The van der Waals surface area contributed by atoms with Crippen LogP contribution in [0.5, 0.6) is 11.5 Å². The summed E-state index contributed by atoms with van der Waals surface area (Å²) in [5.74, 6) is 1.71. The van der Waals surface area contributed by atoms with Gasteiger partial charge in [0.25, 0.3) is 0 Å². The molecule has 0 aliphatic carbocycles. The molecule has 1 heterocycles. The summed E-state index contributed by atoms with van der Waals surface area (Å²) in [5, 5.41) is 0. The summed E-state index contributed by atoms with van der Waals surface area (Å²) in [6, 6.07) is 14.2. The zero-order valence-electron chi connectivity index (χ0n) is 12.8. The maximum Gasteiger partial charge on any atom is 0.119 e. The van der Waals surface area contributed by atoms with Crippen molar-refractivity contribution in [3.05, 3.63) is 59.2 Å². The first-order valence-electron chi connectivity index (χ1n) is 7.05. The molecule has 1 aliphatic rings. The Morgan fingerprint density at radius 2 is 1.52 bits per heavy atom. The van der Waals surface area contributed by atoms with Crippen LogP contribution in [-0.4, -0.2) is 14.2 Å². The van der Waals surface area contributed by atoms with Gasteiger partial charge in [-0.25, -0.2) is 0 Å². The molecule has 2 aromatic rings. The topological polar surface area (TPSA) is 27.7 Å². The Labute approximate surface area is 125 Å². The molecule has 0 fully saturated rings. The standard InChI is InChI=1S/C18H20O3/c1-18(2)16-11-14(20-4)9-10-15(16)17(21-18)12-5-7-13(19-3)8-6-12/h5-11,17H,1-4H3. The fraction of sp³-hybridized carbons (Fsp3) is 0.333. The Hall–Kier alpha value is -2.00. The number of benzene rings is 2. The van der Waals surface area contributed by atoms with Crippen molar-refractivity contribution in [1.82, 2.24) is 0 Å². The van der Waals surface area contributed by atoms with E-state index in [0.29, 0.717) is 0 Å². The molecule has 1 unspecified atom stereocenters. The lowest BCUT2D eigenvalue weighted by Crippen LogP contribution is -2.16. The van der Waals surface area contributed by atoms with E-state index in [4.69, 9.17) is 14.2 Å². The van der Waals surface area contributed by atoms with E-state index in [-0.39, 0.29) is 11.7 Å². The van der Waals surface area contributed by atoms with Crippen molar-refractivity contribution in [3.63, 3.8) is 0 Å². The third-order valence-electron chi connectivity index (χ3n) is 4.02. The first-order chi connectivity index (χ1) is 10.0. The number of ether oxygens (including phenoxy) is 3. The average Bonchev–Trinajstić information content (AvgIpc) is 2.78. The molecule has 3 heteroatoms. The van der Waals surface area contributed by atoms with Crippen molar-refractivity contribution in [2.24, 2.45) is 0 Å². The number of fused-ring (bicyclic) bond motifs is 1. The van der Waals surface area contributed by atoms with Crippen molar-refractivity contribution in [1.29, 1.82) is 0 Å². The Balaban J connectivity index is 2.03. The lowest BCUT2D eigenvalue weighted by molar-refractivity contribution is -0.0341. The lowest BCUT2D eigenvalue weighted by atomic mass is 9.92. The minimum absolute atomic E-state index is 0.0492. The molecular formula is C18H20O3. The molecule has 0 saturated heterocycles. The summed E-state index contributed by atoms with van der Waals surface area (Å²) in [6.45, 7) is 4.18. The van der Waals surface area contributed by atoms with Crippen LogP contribution in [0.2, 0.25) is 0 Å². The van der Waals surface area contributed by atoms with Crippen molar-refractivity contribution >= 4 is 0 Å². The predicted octanol–water partition coefficient (Wildman–Crippen LogP) is 4.06. The minimum Gasteiger partial charge on any atom is -0.497 e.